The summed E-state index contributed by atoms with van der Waals surface area (Å²) in [5.41, 5.74) is 4.46. The van der Waals surface area contributed by atoms with Crippen LogP contribution in [0.4, 0.5) is 0 Å². The van der Waals surface area contributed by atoms with Crippen LogP contribution in [0.25, 0.3) is 0 Å². The highest BCUT2D eigenvalue weighted by molar-refractivity contribution is 5.31. The van der Waals surface area contributed by atoms with E-state index in [2.05, 4.69) is 52.8 Å². The van der Waals surface area contributed by atoms with Gasteiger partial charge in [0.25, 0.3) is 0 Å². The van der Waals surface area contributed by atoms with Crippen molar-refractivity contribution >= 4 is 0 Å². The van der Waals surface area contributed by atoms with Crippen molar-refractivity contribution in [3.63, 3.8) is 0 Å². The van der Waals surface area contributed by atoms with E-state index in [-0.39, 0.29) is 7.43 Å². The largest absolute Gasteiger partial charge is 0.0776 e. The molecular formula is C16H28. The van der Waals surface area contributed by atoms with Gasteiger partial charge >= 0.3 is 0 Å². The molecule has 0 amide bonds. The Kier molecular flexibility index (Phi) is 6.40. The van der Waals surface area contributed by atoms with Gasteiger partial charge in [0.1, 0.15) is 0 Å². The molecule has 0 spiro atoms. The van der Waals surface area contributed by atoms with Crippen LogP contribution in [0.2, 0.25) is 0 Å². The molecule has 0 nitrogen and oxygen atoms in total. The number of rotatable bonds is 4. The Morgan fingerprint density at radius 3 is 2.00 bits per heavy atom. The zero-order chi connectivity index (χ0) is 11.4. The van der Waals surface area contributed by atoms with E-state index < -0.39 is 0 Å². The predicted molar refractivity (Wildman–Crippen MR) is 75.0 cm³/mol. The van der Waals surface area contributed by atoms with Gasteiger partial charge in [-0.25, -0.2) is 0 Å². The molecular weight excluding hydrogens is 192 g/mol. The summed E-state index contributed by atoms with van der Waals surface area (Å²) in [6.07, 6.45) is 2.41. The Bertz CT molecular complexity index is 308. The highest BCUT2D eigenvalue weighted by atomic mass is 14.1. The molecule has 0 N–H and O–H groups in total. The van der Waals surface area contributed by atoms with Crippen molar-refractivity contribution < 1.29 is 0 Å². The van der Waals surface area contributed by atoms with Gasteiger partial charge in [0, 0.05) is 0 Å². The average molecular weight is 220 g/mol. The van der Waals surface area contributed by atoms with Gasteiger partial charge in [-0.2, -0.15) is 0 Å². The monoisotopic (exact) mass is 220 g/mol. The summed E-state index contributed by atoms with van der Waals surface area (Å²) in [7, 11) is 0. The first-order valence-corrected chi connectivity index (χ1v) is 6.07. The fraction of sp³-hybridized carbons (Fsp3) is 0.625. The van der Waals surface area contributed by atoms with Crippen molar-refractivity contribution in [3.05, 3.63) is 34.9 Å². The average Bonchev–Trinajstić information content (AvgIpc) is 2.09. The van der Waals surface area contributed by atoms with Gasteiger partial charge in [-0.05, 0) is 48.3 Å². The highest BCUT2D eigenvalue weighted by Crippen LogP contribution is 2.17. The molecule has 1 aromatic rings. The smallest absolute Gasteiger partial charge is 0.0253 e. The van der Waals surface area contributed by atoms with E-state index in [1.54, 1.807) is 0 Å². The summed E-state index contributed by atoms with van der Waals surface area (Å²) in [5, 5.41) is 0. The van der Waals surface area contributed by atoms with Gasteiger partial charge in [-0.1, -0.05) is 53.3 Å². The van der Waals surface area contributed by atoms with E-state index in [0.717, 1.165) is 11.8 Å². The summed E-state index contributed by atoms with van der Waals surface area (Å²) in [4.78, 5) is 0. The maximum atomic E-state index is 2.40. The van der Waals surface area contributed by atoms with Crippen molar-refractivity contribution in [2.75, 3.05) is 0 Å². The van der Waals surface area contributed by atoms with E-state index in [9.17, 15) is 0 Å². The van der Waals surface area contributed by atoms with E-state index in [1.165, 1.54) is 29.5 Å². The molecule has 0 unspecified atom stereocenters. The number of hydrogen-bond donors (Lipinski definition) is 0. The number of benzene rings is 1. The Balaban J connectivity index is 0.00000225. The number of aryl methyl sites for hydroxylation is 1. The Morgan fingerprint density at radius 2 is 1.50 bits per heavy atom. The van der Waals surface area contributed by atoms with Crippen LogP contribution < -0.4 is 0 Å². The molecule has 0 aromatic heterocycles. The maximum Gasteiger partial charge on any atom is -0.0253 e. The van der Waals surface area contributed by atoms with Crippen LogP contribution >= 0.6 is 0 Å². The Hall–Kier alpha value is -0.780. The molecule has 0 bridgehead atoms. The molecule has 0 atom stereocenters. The first-order valence-electron chi connectivity index (χ1n) is 6.07. The molecule has 0 aliphatic carbocycles. The fourth-order valence-corrected chi connectivity index (χ4v) is 1.98. The van der Waals surface area contributed by atoms with E-state index in [0.29, 0.717) is 0 Å². The molecule has 0 heteroatoms. The molecule has 0 heterocycles. The zero-order valence-corrected chi connectivity index (χ0v) is 10.8. The first-order chi connectivity index (χ1) is 6.99. The van der Waals surface area contributed by atoms with Crippen molar-refractivity contribution in [1.82, 2.24) is 0 Å². The molecule has 92 valence electrons. The van der Waals surface area contributed by atoms with Gasteiger partial charge in [0.05, 0.1) is 0 Å². The summed E-state index contributed by atoms with van der Waals surface area (Å²) in [6.45, 7) is 11.4. The van der Waals surface area contributed by atoms with Gasteiger partial charge in [-0.15, -0.1) is 0 Å². The fourth-order valence-electron chi connectivity index (χ4n) is 1.98. The van der Waals surface area contributed by atoms with Crippen LogP contribution in [0, 0.1) is 18.8 Å². The third-order valence-electron chi connectivity index (χ3n) is 2.69. The zero-order valence-electron chi connectivity index (χ0n) is 10.8. The predicted octanol–water partition coefficient (Wildman–Crippen LogP) is 5.03. The molecule has 0 fully saturated rings. The lowest BCUT2D eigenvalue weighted by Gasteiger charge is -2.12. The van der Waals surface area contributed by atoms with Crippen LogP contribution in [0.5, 0.6) is 0 Å². The lowest BCUT2D eigenvalue weighted by Crippen LogP contribution is -2.00. The lowest BCUT2D eigenvalue weighted by atomic mass is 9.94. The van der Waals surface area contributed by atoms with Crippen LogP contribution in [-0.4, -0.2) is 0 Å². The Morgan fingerprint density at radius 1 is 0.938 bits per heavy atom. The third kappa shape index (κ3) is 4.83. The molecule has 0 saturated heterocycles. The van der Waals surface area contributed by atoms with Crippen LogP contribution in [0.1, 0.15) is 51.8 Å². The molecule has 1 aromatic carbocycles. The minimum absolute atomic E-state index is 0. The van der Waals surface area contributed by atoms with Crippen molar-refractivity contribution in [1.29, 1.82) is 0 Å². The third-order valence-corrected chi connectivity index (χ3v) is 2.69. The van der Waals surface area contributed by atoms with Crippen LogP contribution in [0.15, 0.2) is 18.2 Å². The topological polar surface area (TPSA) is 0 Å². The second-order valence-electron chi connectivity index (χ2n) is 5.46. The molecule has 1 rings (SSSR count). The molecule has 16 heavy (non-hydrogen) atoms. The van der Waals surface area contributed by atoms with Gasteiger partial charge < -0.3 is 0 Å². The van der Waals surface area contributed by atoms with Crippen LogP contribution in [-0.2, 0) is 12.8 Å². The van der Waals surface area contributed by atoms with Crippen molar-refractivity contribution in [2.24, 2.45) is 11.8 Å². The summed E-state index contributed by atoms with van der Waals surface area (Å²) >= 11 is 0. The maximum absolute atomic E-state index is 2.40. The van der Waals surface area contributed by atoms with E-state index >= 15 is 0 Å². The standard InChI is InChI=1S/C15H24.CH4/c1-11(2)8-14-7-6-13(5)15(10-14)9-12(3)4;/h6-7,10-12H,8-9H2,1-5H3;1H4. The summed E-state index contributed by atoms with van der Waals surface area (Å²) < 4.78 is 0. The normalized spacial score (nSPS) is 10.7. The summed E-state index contributed by atoms with van der Waals surface area (Å²) in [6, 6.07) is 6.95. The minimum atomic E-state index is 0. The minimum Gasteiger partial charge on any atom is -0.0776 e. The van der Waals surface area contributed by atoms with E-state index in [1.807, 2.05) is 0 Å². The molecule has 0 aliphatic rings. The molecule has 0 radical (unpaired) electrons. The highest BCUT2D eigenvalue weighted by Gasteiger charge is 2.04. The molecule has 0 aliphatic heterocycles. The number of hydrogen-bond acceptors (Lipinski definition) is 0. The van der Waals surface area contributed by atoms with Gasteiger partial charge in [-0.3, -0.25) is 0 Å². The molecule has 0 saturated carbocycles. The van der Waals surface area contributed by atoms with Gasteiger partial charge in [0.2, 0.25) is 0 Å². The van der Waals surface area contributed by atoms with Crippen LogP contribution in [0.3, 0.4) is 0 Å². The SMILES string of the molecule is C.Cc1ccc(CC(C)C)cc1CC(C)C. The Labute approximate surface area is 102 Å². The van der Waals surface area contributed by atoms with Gasteiger partial charge in [0.15, 0.2) is 0 Å². The first kappa shape index (κ1) is 15.2. The quantitative estimate of drug-likeness (QED) is 0.667. The van der Waals surface area contributed by atoms with Crippen molar-refractivity contribution in [3.8, 4) is 0 Å². The lowest BCUT2D eigenvalue weighted by molar-refractivity contribution is 0.634. The van der Waals surface area contributed by atoms with Crippen molar-refractivity contribution in [2.45, 2.75) is 54.9 Å². The van der Waals surface area contributed by atoms with E-state index in [4.69, 9.17) is 0 Å². The second kappa shape index (κ2) is 6.73. The summed E-state index contributed by atoms with van der Waals surface area (Å²) in [5.74, 6) is 1.50. The second-order valence-corrected chi connectivity index (χ2v) is 5.46.